The Hall–Kier alpha value is -2.69. The summed E-state index contributed by atoms with van der Waals surface area (Å²) >= 11 is 0. The standard InChI is InChI=1S/C21H25FN2O2/c1-4-23-21(26)16(3)24(14-18-11-6-5-9-15(18)2)20(25)13-17-10-7-8-12-19(17)22/h5-12,16H,4,13-14H2,1-3H3,(H,23,26). The van der Waals surface area contributed by atoms with Crippen molar-refractivity contribution in [3.63, 3.8) is 0 Å². The quantitative estimate of drug-likeness (QED) is 0.828. The van der Waals surface area contributed by atoms with Crippen LogP contribution >= 0.6 is 0 Å². The lowest BCUT2D eigenvalue weighted by atomic mass is 10.1. The van der Waals surface area contributed by atoms with Crippen molar-refractivity contribution in [3.05, 3.63) is 71.0 Å². The molecule has 2 aromatic carbocycles. The topological polar surface area (TPSA) is 49.4 Å². The van der Waals surface area contributed by atoms with Gasteiger partial charge in [-0.05, 0) is 43.5 Å². The maximum Gasteiger partial charge on any atom is 0.242 e. The number of amides is 2. The van der Waals surface area contributed by atoms with Crippen LogP contribution in [0.1, 0.15) is 30.5 Å². The number of benzene rings is 2. The van der Waals surface area contributed by atoms with Crippen LogP contribution in [0, 0.1) is 12.7 Å². The third-order valence-electron chi connectivity index (χ3n) is 4.42. The van der Waals surface area contributed by atoms with E-state index in [1.54, 1.807) is 25.1 Å². The Morgan fingerprint density at radius 1 is 1.08 bits per heavy atom. The van der Waals surface area contributed by atoms with E-state index in [0.29, 0.717) is 18.7 Å². The summed E-state index contributed by atoms with van der Waals surface area (Å²) in [6.07, 6.45) is -0.0811. The van der Waals surface area contributed by atoms with Crippen molar-refractivity contribution in [1.29, 1.82) is 0 Å². The van der Waals surface area contributed by atoms with Gasteiger partial charge in [-0.1, -0.05) is 42.5 Å². The lowest BCUT2D eigenvalue weighted by Gasteiger charge is -2.29. The summed E-state index contributed by atoms with van der Waals surface area (Å²) in [4.78, 5) is 26.7. The molecule has 0 bridgehead atoms. The summed E-state index contributed by atoms with van der Waals surface area (Å²) in [6.45, 7) is 6.28. The van der Waals surface area contributed by atoms with Gasteiger partial charge >= 0.3 is 0 Å². The van der Waals surface area contributed by atoms with Gasteiger partial charge in [-0.25, -0.2) is 4.39 Å². The number of hydrogen-bond donors (Lipinski definition) is 1. The van der Waals surface area contributed by atoms with Gasteiger partial charge in [0.25, 0.3) is 0 Å². The van der Waals surface area contributed by atoms with E-state index >= 15 is 0 Å². The summed E-state index contributed by atoms with van der Waals surface area (Å²) in [5.41, 5.74) is 2.33. The van der Waals surface area contributed by atoms with Gasteiger partial charge in [0.1, 0.15) is 11.9 Å². The summed E-state index contributed by atoms with van der Waals surface area (Å²) in [5, 5.41) is 2.75. The average Bonchev–Trinajstić information content (AvgIpc) is 2.62. The van der Waals surface area contributed by atoms with Crippen molar-refractivity contribution in [1.82, 2.24) is 10.2 Å². The molecule has 0 spiro atoms. The number of rotatable bonds is 7. The number of hydrogen-bond acceptors (Lipinski definition) is 2. The third-order valence-corrected chi connectivity index (χ3v) is 4.42. The zero-order valence-corrected chi connectivity index (χ0v) is 15.5. The van der Waals surface area contributed by atoms with Crippen molar-refractivity contribution < 1.29 is 14.0 Å². The second-order valence-corrected chi connectivity index (χ2v) is 6.29. The van der Waals surface area contributed by atoms with E-state index in [2.05, 4.69) is 5.32 Å². The molecule has 0 aliphatic carbocycles. The van der Waals surface area contributed by atoms with E-state index in [9.17, 15) is 14.0 Å². The van der Waals surface area contributed by atoms with Crippen molar-refractivity contribution in [2.75, 3.05) is 6.54 Å². The summed E-state index contributed by atoms with van der Waals surface area (Å²) in [7, 11) is 0. The van der Waals surface area contributed by atoms with Gasteiger partial charge < -0.3 is 10.2 Å². The fourth-order valence-corrected chi connectivity index (χ4v) is 2.78. The fourth-order valence-electron chi connectivity index (χ4n) is 2.78. The van der Waals surface area contributed by atoms with Crippen LogP contribution in [0.15, 0.2) is 48.5 Å². The molecule has 26 heavy (non-hydrogen) atoms. The Bertz CT molecular complexity index is 776. The first-order chi connectivity index (χ1) is 12.4. The minimum atomic E-state index is -0.645. The normalized spacial score (nSPS) is 11.7. The van der Waals surface area contributed by atoms with Gasteiger partial charge in [0.2, 0.25) is 11.8 Å². The Morgan fingerprint density at radius 2 is 1.69 bits per heavy atom. The molecule has 0 aromatic heterocycles. The van der Waals surface area contributed by atoms with Crippen molar-refractivity contribution in [3.8, 4) is 0 Å². The van der Waals surface area contributed by atoms with Crippen molar-refractivity contribution in [2.45, 2.75) is 39.8 Å². The first-order valence-electron chi connectivity index (χ1n) is 8.79. The van der Waals surface area contributed by atoms with Gasteiger partial charge in [0, 0.05) is 13.1 Å². The lowest BCUT2D eigenvalue weighted by Crippen LogP contribution is -2.48. The maximum absolute atomic E-state index is 13.9. The van der Waals surface area contributed by atoms with E-state index < -0.39 is 11.9 Å². The van der Waals surface area contributed by atoms with Gasteiger partial charge in [-0.15, -0.1) is 0 Å². The molecule has 5 heteroatoms. The molecule has 0 aliphatic heterocycles. The second kappa shape index (κ2) is 9.13. The number of likely N-dealkylation sites (N-methyl/N-ethyl adjacent to an activating group) is 1. The third kappa shape index (κ3) is 4.91. The number of halogens is 1. The molecular weight excluding hydrogens is 331 g/mol. The monoisotopic (exact) mass is 356 g/mol. The highest BCUT2D eigenvalue weighted by Crippen LogP contribution is 2.16. The molecule has 1 atom stereocenters. The van der Waals surface area contributed by atoms with Gasteiger partial charge in [0.15, 0.2) is 0 Å². The van der Waals surface area contributed by atoms with E-state index in [1.165, 1.54) is 11.0 Å². The number of carbonyl (C=O) groups is 2. The zero-order chi connectivity index (χ0) is 19.1. The van der Waals surface area contributed by atoms with E-state index in [0.717, 1.165) is 11.1 Å². The molecule has 0 aliphatic rings. The van der Waals surface area contributed by atoms with Crippen LogP contribution in [0.5, 0.6) is 0 Å². The maximum atomic E-state index is 13.9. The minimum absolute atomic E-state index is 0.0811. The van der Waals surface area contributed by atoms with Crippen LogP contribution < -0.4 is 5.32 Å². The fraction of sp³-hybridized carbons (Fsp3) is 0.333. The molecule has 2 aromatic rings. The van der Waals surface area contributed by atoms with Gasteiger partial charge in [-0.2, -0.15) is 0 Å². The molecule has 138 valence electrons. The van der Waals surface area contributed by atoms with E-state index in [4.69, 9.17) is 0 Å². The molecule has 0 heterocycles. The lowest BCUT2D eigenvalue weighted by molar-refractivity contribution is -0.140. The molecule has 0 fully saturated rings. The number of nitrogens with zero attached hydrogens (tertiary/aromatic N) is 1. The first kappa shape index (κ1) is 19.6. The first-order valence-corrected chi connectivity index (χ1v) is 8.79. The number of carbonyl (C=O) groups excluding carboxylic acids is 2. The SMILES string of the molecule is CCNC(=O)C(C)N(Cc1ccccc1C)C(=O)Cc1ccccc1F. The largest absolute Gasteiger partial charge is 0.355 e. The van der Waals surface area contributed by atoms with Crippen LogP contribution in [0.4, 0.5) is 4.39 Å². The minimum Gasteiger partial charge on any atom is -0.355 e. The molecule has 2 rings (SSSR count). The van der Waals surface area contributed by atoms with Crippen molar-refractivity contribution >= 4 is 11.8 Å². The Labute approximate surface area is 154 Å². The van der Waals surface area contributed by atoms with Crippen LogP contribution in [0.2, 0.25) is 0 Å². The highest BCUT2D eigenvalue weighted by molar-refractivity contribution is 5.88. The Kier molecular flexibility index (Phi) is 6.89. The molecular formula is C21H25FN2O2. The van der Waals surface area contributed by atoms with E-state index in [-0.39, 0.29) is 18.2 Å². The van der Waals surface area contributed by atoms with Crippen LogP contribution in [0.25, 0.3) is 0 Å². The molecule has 0 saturated carbocycles. The average molecular weight is 356 g/mol. The smallest absolute Gasteiger partial charge is 0.242 e. The van der Waals surface area contributed by atoms with Gasteiger partial charge in [-0.3, -0.25) is 9.59 Å². The molecule has 0 saturated heterocycles. The second-order valence-electron chi connectivity index (χ2n) is 6.29. The van der Waals surface area contributed by atoms with Crippen LogP contribution in [-0.4, -0.2) is 29.3 Å². The molecule has 2 amide bonds. The van der Waals surface area contributed by atoms with Crippen molar-refractivity contribution in [2.24, 2.45) is 0 Å². The predicted molar refractivity (Wildman–Crippen MR) is 100.0 cm³/mol. The summed E-state index contributed by atoms with van der Waals surface area (Å²) < 4.78 is 13.9. The summed E-state index contributed by atoms with van der Waals surface area (Å²) in [5.74, 6) is -0.914. The van der Waals surface area contributed by atoms with Crippen LogP contribution in [0.3, 0.4) is 0 Å². The van der Waals surface area contributed by atoms with E-state index in [1.807, 2.05) is 38.1 Å². The predicted octanol–water partition coefficient (Wildman–Crippen LogP) is 3.23. The Morgan fingerprint density at radius 3 is 2.31 bits per heavy atom. The Balaban J connectivity index is 2.27. The number of aryl methyl sites for hydroxylation is 1. The molecule has 1 unspecified atom stereocenters. The molecule has 0 radical (unpaired) electrons. The highest BCUT2D eigenvalue weighted by Gasteiger charge is 2.26. The van der Waals surface area contributed by atoms with Crippen LogP contribution in [-0.2, 0) is 22.6 Å². The zero-order valence-electron chi connectivity index (χ0n) is 15.5. The molecule has 1 N–H and O–H groups in total. The number of nitrogens with one attached hydrogen (secondary N) is 1. The molecule has 4 nitrogen and oxygen atoms in total. The summed E-state index contributed by atoms with van der Waals surface area (Å²) in [6, 6.07) is 13.3. The highest BCUT2D eigenvalue weighted by atomic mass is 19.1. The van der Waals surface area contributed by atoms with Gasteiger partial charge in [0.05, 0.1) is 6.42 Å².